The summed E-state index contributed by atoms with van der Waals surface area (Å²) < 4.78 is 36.8. The van der Waals surface area contributed by atoms with Crippen LogP contribution in [0.4, 0.5) is 20.4 Å². The molecule has 0 unspecified atom stereocenters. The lowest BCUT2D eigenvalue weighted by molar-refractivity contribution is -0.125. The van der Waals surface area contributed by atoms with Gasteiger partial charge in [0.05, 0.1) is 42.3 Å². The lowest BCUT2D eigenvalue weighted by Gasteiger charge is -2.44. The van der Waals surface area contributed by atoms with Gasteiger partial charge in [-0.05, 0) is 32.9 Å². The van der Waals surface area contributed by atoms with Crippen molar-refractivity contribution in [3.8, 4) is 16.9 Å². The van der Waals surface area contributed by atoms with Crippen LogP contribution in [-0.4, -0.2) is 55.2 Å². The number of nitrogens with zero attached hydrogens (tertiary/aromatic N) is 6. The number of aliphatic hydroxyl groups is 1. The number of rotatable bonds is 4. The Bertz CT molecular complexity index is 1540. The van der Waals surface area contributed by atoms with Crippen molar-refractivity contribution in [2.45, 2.75) is 39.0 Å². The van der Waals surface area contributed by atoms with Gasteiger partial charge in [-0.3, -0.25) is 9.69 Å². The maximum Gasteiger partial charge on any atom is 0.268 e. The monoisotopic (exact) mass is 506 g/mol. The molecular weight excluding hydrogens is 482 g/mol. The highest BCUT2D eigenvalue weighted by Gasteiger charge is 2.38. The van der Waals surface area contributed by atoms with Crippen LogP contribution in [0.5, 0.6) is 5.75 Å². The minimum atomic E-state index is -0.859. The van der Waals surface area contributed by atoms with Gasteiger partial charge < -0.3 is 19.1 Å². The van der Waals surface area contributed by atoms with Crippen LogP contribution >= 0.6 is 0 Å². The Balaban J connectivity index is 1.37. The molecule has 0 bridgehead atoms. The number of aromatic nitrogens is 4. The number of pyridine rings is 1. The molecule has 1 fully saturated rings. The predicted octanol–water partition coefficient (Wildman–Crippen LogP) is 3.26. The number of aryl methyl sites for hydroxylation is 1. The third kappa shape index (κ3) is 3.86. The summed E-state index contributed by atoms with van der Waals surface area (Å²) in [6.07, 6.45) is 3.82. The summed E-state index contributed by atoms with van der Waals surface area (Å²) in [6.45, 7) is 6.04. The van der Waals surface area contributed by atoms with Gasteiger partial charge in [-0.2, -0.15) is 0 Å². The van der Waals surface area contributed by atoms with E-state index in [-0.39, 0.29) is 23.8 Å². The van der Waals surface area contributed by atoms with Crippen LogP contribution in [0.2, 0.25) is 0 Å². The fraction of sp³-hybridized carbons (Fsp3) is 0.308. The number of hydrogen-bond donors (Lipinski definition) is 1. The summed E-state index contributed by atoms with van der Waals surface area (Å²) in [5.41, 5.74) is 1.93. The zero-order valence-electron chi connectivity index (χ0n) is 20.4. The van der Waals surface area contributed by atoms with Crippen LogP contribution in [-0.2, 0) is 11.3 Å². The van der Waals surface area contributed by atoms with Crippen molar-refractivity contribution in [3.05, 3.63) is 65.9 Å². The number of fused-ring (bicyclic) bond motifs is 2. The minimum Gasteiger partial charge on any atom is -0.476 e. The number of β-amino-alcohol motifs (C(OH)–C–C–N with tert-alkyl or cyclic N) is 1. The first-order valence-corrected chi connectivity index (χ1v) is 11.8. The molecule has 0 aliphatic carbocycles. The number of ether oxygens (including phenoxy) is 1. The Labute approximate surface area is 211 Å². The summed E-state index contributed by atoms with van der Waals surface area (Å²) in [5.74, 6) is -0.874. The van der Waals surface area contributed by atoms with Crippen molar-refractivity contribution in [2.24, 2.45) is 0 Å². The molecule has 1 N–H and O–H groups in total. The van der Waals surface area contributed by atoms with E-state index in [4.69, 9.17) is 4.74 Å². The summed E-state index contributed by atoms with van der Waals surface area (Å²) in [6, 6.07) is 5.76. The van der Waals surface area contributed by atoms with E-state index in [2.05, 4.69) is 15.0 Å². The second kappa shape index (κ2) is 8.20. The Morgan fingerprint density at radius 3 is 2.62 bits per heavy atom. The molecule has 5 heterocycles. The number of halogens is 2. The van der Waals surface area contributed by atoms with Crippen molar-refractivity contribution in [2.75, 3.05) is 22.9 Å². The zero-order chi connectivity index (χ0) is 26.1. The average molecular weight is 507 g/mol. The first-order valence-electron chi connectivity index (χ1n) is 11.8. The molecule has 1 atom stereocenters. The lowest BCUT2D eigenvalue weighted by Crippen LogP contribution is -2.60. The summed E-state index contributed by atoms with van der Waals surface area (Å²) in [7, 11) is 0. The molecule has 1 saturated heterocycles. The lowest BCUT2D eigenvalue weighted by atomic mass is 9.98. The van der Waals surface area contributed by atoms with Crippen LogP contribution in [0, 0.1) is 18.6 Å². The fourth-order valence-corrected chi connectivity index (χ4v) is 4.88. The smallest absolute Gasteiger partial charge is 0.268 e. The number of imidazole rings is 1. The molecule has 2 aliphatic rings. The van der Waals surface area contributed by atoms with Crippen LogP contribution in [0.25, 0.3) is 16.8 Å². The van der Waals surface area contributed by atoms with Crippen molar-refractivity contribution >= 4 is 23.2 Å². The van der Waals surface area contributed by atoms with E-state index in [0.717, 1.165) is 0 Å². The van der Waals surface area contributed by atoms with Crippen molar-refractivity contribution in [3.63, 3.8) is 0 Å². The molecule has 9 nitrogen and oxygen atoms in total. The first kappa shape index (κ1) is 23.3. The molecule has 3 aromatic heterocycles. The van der Waals surface area contributed by atoms with Gasteiger partial charge in [0.2, 0.25) is 5.95 Å². The van der Waals surface area contributed by atoms with Gasteiger partial charge in [0.15, 0.2) is 17.7 Å². The molecule has 4 aromatic rings. The normalized spacial score (nSPS) is 18.5. The number of carbonyl (C=O) groups is 1. The largest absolute Gasteiger partial charge is 0.476 e. The van der Waals surface area contributed by atoms with Gasteiger partial charge in [0.25, 0.3) is 5.91 Å². The third-order valence-electron chi connectivity index (χ3n) is 6.76. The van der Waals surface area contributed by atoms with Crippen molar-refractivity contribution in [1.82, 2.24) is 19.4 Å². The van der Waals surface area contributed by atoms with Crippen molar-refractivity contribution < 1.29 is 23.4 Å². The third-order valence-corrected chi connectivity index (χ3v) is 6.76. The van der Waals surface area contributed by atoms with E-state index in [0.29, 0.717) is 47.3 Å². The summed E-state index contributed by atoms with van der Waals surface area (Å²) >= 11 is 0. The van der Waals surface area contributed by atoms with E-state index in [1.807, 2.05) is 4.90 Å². The van der Waals surface area contributed by atoms with Gasteiger partial charge in [0.1, 0.15) is 11.5 Å². The molecule has 6 rings (SSSR count). The highest BCUT2D eigenvalue weighted by Crippen LogP contribution is 2.37. The molecule has 11 heteroatoms. The predicted molar refractivity (Wildman–Crippen MR) is 131 cm³/mol. The van der Waals surface area contributed by atoms with E-state index in [1.165, 1.54) is 35.5 Å². The molecule has 0 saturated carbocycles. The van der Waals surface area contributed by atoms with Crippen LogP contribution in [0.3, 0.4) is 0 Å². The second-order valence-electron chi connectivity index (χ2n) is 9.80. The topological polar surface area (TPSA) is 96.1 Å². The van der Waals surface area contributed by atoms with Crippen molar-refractivity contribution in [1.29, 1.82) is 0 Å². The van der Waals surface area contributed by atoms with E-state index in [9.17, 15) is 14.3 Å². The average Bonchev–Trinajstić information content (AvgIpc) is 3.14. The molecule has 190 valence electrons. The van der Waals surface area contributed by atoms with E-state index in [1.54, 1.807) is 37.4 Å². The Morgan fingerprint density at radius 1 is 1.19 bits per heavy atom. The number of anilines is 2. The van der Waals surface area contributed by atoms with Gasteiger partial charge >= 0.3 is 0 Å². The quantitative estimate of drug-likeness (QED) is 0.454. The highest BCUT2D eigenvalue weighted by atomic mass is 19.1. The fourth-order valence-electron chi connectivity index (χ4n) is 4.88. The van der Waals surface area contributed by atoms with Gasteiger partial charge in [-0.25, -0.2) is 23.7 Å². The molecule has 2 aliphatic heterocycles. The molecule has 0 spiro atoms. The second-order valence-corrected chi connectivity index (χ2v) is 9.80. The zero-order valence-corrected chi connectivity index (χ0v) is 20.4. The Hall–Kier alpha value is -4.12. The van der Waals surface area contributed by atoms with Crippen LogP contribution in [0.1, 0.15) is 25.2 Å². The number of para-hydroxylation sites is 1. The molecule has 0 radical (unpaired) electrons. The Morgan fingerprint density at radius 2 is 1.92 bits per heavy atom. The van der Waals surface area contributed by atoms with E-state index < -0.39 is 23.3 Å². The number of amides is 1. The summed E-state index contributed by atoms with van der Waals surface area (Å²) in [5, 5.41) is 9.95. The van der Waals surface area contributed by atoms with Crippen LogP contribution < -0.4 is 14.5 Å². The molecule has 37 heavy (non-hydrogen) atoms. The maximum absolute atomic E-state index is 15.1. The number of carbonyl (C=O) groups excluding carboxylic acids is 1. The van der Waals surface area contributed by atoms with Gasteiger partial charge in [0, 0.05) is 35.8 Å². The standard InChI is InChI=1S/C26H24F2N6O3/c1-14-21(11-34-20-6-4-5-18(27)23(20)37-15(2)24(34)35)33-10-17(19(28)7-22(33)31-14)16-8-29-25(30-9-16)32-12-26(3,36)13-32/h4-10,15,36H,11-13H2,1-3H3/t15-/m0/s1. The van der Waals surface area contributed by atoms with E-state index >= 15 is 4.39 Å². The SMILES string of the molecule is Cc1nc2cc(F)c(-c3cnc(N4CC(C)(O)C4)nc3)cn2c1CN1C(=O)[C@H](C)Oc2c(F)cccc21. The number of benzene rings is 1. The molecule has 1 aromatic carbocycles. The Kier molecular flexibility index (Phi) is 5.16. The van der Waals surface area contributed by atoms with Gasteiger partial charge in [-0.1, -0.05) is 6.07 Å². The highest BCUT2D eigenvalue weighted by molar-refractivity contribution is 5.99. The van der Waals surface area contributed by atoms with Gasteiger partial charge in [-0.15, -0.1) is 0 Å². The minimum absolute atomic E-state index is 0.0220. The molecular formula is C26H24F2N6O3. The summed E-state index contributed by atoms with van der Waals surface area (Å²) in [4.78, 5) is 29.5. The first-order chi connectivity index (χ1) is 17.6. The number of hydrogen-bond acceptors (Lipinski definition) is 7. The van der Waals surface area contributed by atoms with Crippen LogP contribution in [0.15, 0.2) is 42.9 Å². The maximum atomic E-state index is 15.1. The molecule has 1 amide bonds.